The van der Waals surface area contributed by atoms with Crippen LogP contribution in [-0.2, 0) is 0 Å². The Morgan fingerprint density at radius 3 is 2.28 bits per heavy atom. The Bertz CT molecular complexity index is 863. The third kappa shape index (κ3) is 3.98. The Hall–Kier alpha value is -3.28. The minimum atomic E-state index is -0.756. The molecule has 0 saturated heterocycles. The van der Waals surface area contributed by atoms with Crippen molar-refractivity contribution in [1.29, 1.82) is 0 Å². The number of amides is 1. The van der Waals surface area contributed by atoms with Crippen molar-refractivity contribution in [1.82, 2.24) is 4.98 Å². The van der Waals surface area contributed by atoms with Crippen molar-refractivity contribution in [2.75, 3.05) is 17.3 Å². The third-order valence-electron chi connectivity index (χ3n) is 3.62. The van der Waals surface area contributed by atoms with Crippen LogP contribution in [0, 0.1) is 11.6 Å². The SMILES string of the molecule is CN(c1ccccc1)c1ccc(C(=O)Nc2cc(F)cc(F)c2)cn1. The summed E-state index contributed by atoms with van der Waals surface area (Å²) >= 11 is 0. The molecule has 0 saturated carbocycles. The fourth-order valence-corrected chi connectivity index (χ4v) is 2.33. The van der Waals surface area contributed by atoms with Gasteiger partial charge >= 0.3 is 0 Å². The summed E-state index contributed by atoms with van der Waals surface area (Å²) in [6.07, 6.45) is 1.42. The molecule has 0 aliphatic carbocycles. The average Bonchev–Trinajstić information content (AvgIpc) is 2.61. The molecule has 126 valence electrons. The lowest BCUT2D eigenvalue weighted by Gasteiger charge is -2.18. The molecule has 0 aliphatic rings. The second-order valence-corrected chi connectivity index (χ2v) is 5.41. The van der Waals surface area contributed by atoms with Gasteiger partial charge in [0, 0.05) is 30.7 Å². The second kappa shape index (κ2) is 7.09. The summed E-state index contributed by atoms with van der Waals surface area (Å²) in [5, 5.41) is 2.45. The molecular formula is C19H15F2N3O. The number of aromatic nitrogens is 1. The van der Waals surface area contributed by atoms with E-state index in [0.717, 1.165) is 23.9 Å². The Labute approximate surface area is 143 Å². The first-order chi connectivity index (χ1) is 12.0. The Morgan fingerprint density at radius 1 is 1.00 bits per heavy atom. The van der Waals surface area contributed by atoms with Gasteiger partial charge in [-0.3, -0.25) is 4.79 Å². The summed E-state index contributed by atoms with van der Waals surface area (Å²) in [5.74, 6) is -1.34. The maximum atomic E-state index is 13.2. The molecule has 0 atom stereocenters. The summed E-state index contributed by atoms with van der Waals surface area (Å²) in [7, 11) is 1.87. The fourth-order valence-electron chi connectivity index (χ4n) is 2.33. The van der Waals surface area contributed by atoms with E-state index in [1.165, 1.54) is 6.20 Å². The van der Waals surface area contributed by atoms with Crippen LogP contribution in [0.1, 0.15) is 10.4 Å². The van der Waals surface area contributed by atoms with E-state index in [9.17, 15) is 13.6 Å². The van der Waals surface area contributed by atoms with Gasteiger partial charge in [0.05, 0.1) is 5.56 Å². The van der Waals surface area contributed by atoms with Crippen molar-refractivity contribution >= 4 is 23.1 Å². The number of rotatable bonds is 4. The first kappa shape index (κ1) is 16.6. The molecule has 3 aromatic rings. The van der Waals surface area contributed by atoms with E-state index in [1.54, 1.807) is 12.1 Å². The van der Waals surface area contributed by atoms with Crippen LogP contribution in [0.2, 0.25) is 0 Å². The molecule has 0 aliphatic heterocycles. The molecule has 3 rings (SSSR count). The van der Waals surface area contributed by atoms with Crippen LogP contribution in [0.15, 0.2) is 66.9 Å². The number of hydrogen-bond donors (Lipinski definition) is 1. The van der Waals surface area contributed by atoms with Gasteiger partial charge in [-0.05, 0) is 36.4 Å². The summed E-state index contributed by atoms with van der Waals surface area (Å²) in [6, 6.07) is 15.8. The standard InChI is InChI=1S/C19H15F2N3O/c1-24(17-5-3-2-4-6-17)18-8-7-13(12-22-18)19(25)23-16-10-14(20)9-15(21)11-16/h2-12H,1H3,(H,23,25). The third-order valence-corrected chi connectivity index (χ3v) is 3.62. The van der Waals surface area contributed by atoms with Crippen molar-refractivity contribution in [2.24, 2.45) is 0 Å². The number of nitrogens with one attached hydrogen (secondary N) is 1. The molecule has 0 fully saturated rings. The lowest BCUT2D eigenvalue weighted by molar-refractivity contribution is 0.102. The number of para-hydroxylation sites is 1. The number of pyridine rings is 1. The van der Waals surface area contributed by atoms with E-state index in [-0.39, 0.29) is 11.3 Å². The summed E-state index contributed by atoms with van der Waals surface area (Å²) in [6.45, 7) is 0. The molecule has 1 heterocycles. The molecule has 1 aromatic heterocycles. The number of hydrogen-bond acceptors (Lipinski definition) is 3. The topological polar surface area (TPSA) is 45.2 Å². The van der Waals surface area contributed by atoms with Gasteiger partial charge in [-0.2, -0.15) is 0 Å². The van der Waals surface area contributed by atoms with E-state index in [1.807, 2.05) is 42.3 Å². The molecule has 0 radical (unpaired) electrons. The van der Waals surface area contributed by atoms with Gasteiger partial charge in [-0.1, -0.05) is 18.2 Å². The van der Waals surface area contributed by atoms with E-state index < -0.39 is 17.5 Å². The molecule has 6 heteroatoms. The quantitative estimate of drug-likeness (QED) is 0.767. The molecular weight excluding hydrogens is 324 g/mol. The number of carbonyl (C=O) groups excluding carboxylic acids is 1. The van der Waals surface area contributed by atoms with Crippen LogP contribution >= 0.6 is 0 Å². The highest BCUT2D eigenvalue weighted by Gasteiger charge is 2.10. The van der Waals surface area contributed by atoms with Gasteiger partial charge in [0.15, 0.2) is 0 Å². The highest BCUT2D eigenvalue weighted by Crippen LogP contribution is 2.21. The van der Waals surface area contributed by atoms with Crippen molar-refractivity contribution in [2.45, 2.75) is 0 Å². The van der Waals surface area contributed by atoms with E-state index in [4.69, 9.17) is 0 Å². The summed E-state index contributed by atoms with van der Waals surface area (Å²) in [5.41, 5.74) is 1.30. The number of anilines is 3. The van der Waals surface area contributed by atoms with Gasteiger partial charge in [0.1, 0.15) is 17.5 Å². The molecule has 0 unspecified atom stereocenters. The minimum absolute atomic E-state index is 0.0491. The van der Waals surface area contributed by atoms with Crippen molar-refractivity contribution in [3.8, 4) is 0 Å². The maximum Gasteiger partial charge on any atom is 0.257 e. The zero-order chi connectivity index (χ0) is 17.8. The van der Waals surface area contributed by atoms with Crippen LogP contribution in [0.4, 0.5) is 26.0 Å². The predicted molar refractivity (Wildman–Crippen MR) is 93.1 cm³/mol. The highest BCUT2D eigenvalue weighted by atomic mass is 19.1. The lowest BCUT2D eigenvalue weighted by Crippen LogP contribution is -2.14. The molecule has 0 bridgehead atoms. The monoisotopic (exact) mass is 339 g/mol. The van der Waals surface area contributed by atoms with E-state index in [2.05, 4.69) is 10.3 Å². The Kier molecular flexibility index (Phi) is 4.70. The zero-order valence-electron chi connectivity index (χ0n) is 13.4. The number of benzene rings is 2. The molecule has 4 nitrogen and oxygen atoms in total. The van der Waals surface area contributed by atoms with Gasteiger partial charge in [-0.25, -0.2) is 13.8 Å². The maximum absolute atomic E-state index is 13.2. The van der Waals surface area contributed by atoms with Gasteiger partial charge in [0.25, 0.3) is 5.91 Å². The van der Waals surface area contributed by atoms with Crippen LogP contribution in [-0.4, -0.2) is 17.9 Å². The predicted octanol–water partition coefficient (Wildman–Crippen LogP) is 4.38. The summed E-state index contributed by atoms with van der Waals surface area (Å²) in [4.78, 5) is 18.3. The van der Waals surface area contributed by atoms with Gasteiger partial charge in [0.2, 0.25) is 0 Å². The van der Waals surface area contributed by atoms with Crippen molar-refractivity contribution < 1.29 is 13.6 Å². The fraction of sp³-hybridized carbons (Fsp3) is 0.0526. The zero-order valence-corrected chi connectivity index (χ0v) is 13.4. The molecule has 25 heavy (non-hydrogen) atoms. The number of carbonyl (C=O) groups is 1. The number of nitrogens with zero attached hydrogens (tertiary/aromatic N) is 2. The molecule has 0 spiro atoms. The van der Waals surface area contributed by atoms with E-state index >= 15 is 0 Å². The Morgan fingerprint density at radius 2 is 1.68 bits per heavy atom. The first-order valence-electron chi connectivity index (χ1n) is 7.55. The van der Waals surface area contributed by atoms with Gasteiger partial charge < -0.3 is 10.2 Å². The molecule has 1 amide bonds. The lowest BCUT2D eigenvalue weighted by atomic mass is 10.2. The van der Waals surface area contributed by atoms with E-state index in [0.29, 0.717) is 5.82 Å². The Balaban J connectivity index is 1.74. The smallest absolute Gasteiger partial charge is 0.257 e. The largest absolute Gasteiger partial charge is 0.329 e. The van der Waals surface area contributed by atoms with Crippen molar-refractivity contribution in [3.05, 3.63) is 84.1 Å². The minimum Gasteiger partial charge on any atom is -0.329 e. The summed E-state index contributed by atoms with van der Waals surface area (Å²) < 4.78 is 26.3. The van der Waals surface area contributed by atoms with Crippen LogP contribution < -0.4 is 10.2 Å². The normalized spacial score (nSPS) is 10.4. The van der Waals surface area contributed by atoms with Crippen LogP contribution in [0.3, 0.4) is 0 Å². The van der Waals surface area contributed by atoms with Crippen LogP contribution in [0.25, 0.3) is 0 Å². The average molecular weight is 339 g/mol. The van der Waals surface area contributed by atoms with Crippen LogP contribution in [0.5, 0.6) is 0 Å². The molecule has 1 N–H and O–H groups in total. The second-order valence-electron chi connectivity index (χ2n) is 5.41. The molecule has 2 aromatic carbocycles. The van der Waals surface area contributed by atoms with Gasteiger partial charge in [-0.15, -0.1) is 0 Å². The van der Waals surface area contributed by atoms with Crippen molar-refractivity contribution in [3.63, 3.8) is 0 Å². The number of halogens is 2. The highest BCUT2D eigenvalue weighted by molar-refractivity contribution is 6.04. The first-order valence-corrected chi connectivity index (χ1v) is 7.55.